The van der Waals surface area contributed by atoms with Crippen LogP contribution in [0, 0.1) is 0 Å². The van der Waals surface area contributed by atoms with Crippen molar-refractivity contribution in [1.29, 1.82) is 0 Å². The molecule has 0 heterocycles. The van der Waals surface area contributed by atoms with E-state index in [0.29, 0.717) is 19.4 Å². The molecule has 0 spiro atoms. The van der Waals surface area contributed by atoms with E-state index in [4.69, 9.17) is 20.6 Å². The molecule has 84 valence electrons. The third-order valence-corrected chi connectivity index (χ3v) is 2.22. The van der Waals surface area contributed by atoms with Crippen molar-refractivity contribution in [3.8, 4) is 0 Å². The van der Waals surface area contributed by atoms with Gasteiger partial charge in [0.2, 0.25) is 0 Å². The predicted molar refractivity (Wildman–Crippen MR) is 49.5 cm³/mol. The van der Waals surface area contributed by atoms with Crippen LogP contribution in [-0.2, 0) is 9.36 Å². The van der Waals surface area contributed by atoms with Crippen LogP contribution < -0.4 is 10.8 Å². The van der Waals surface area contributed by atoms with E-state index in [9.17, 15) is 9.36 Å². The lowest BCUT2D eigenvalue weighted by atomic mass is 10.1. The summed E-state index contributed by atoms with van der Waals surface area (Å²) in [7, 11) is -4.49. The fourth-order valence-electron chi connectivity index (χ4n) is 0.939. The molecule has 0 aliphatic rings. The SMILES string of the molecule is NCCCC[C@H](NP(=O)(O)O)C(=O)O. The van der Waals surface area contributed by atoms with Crippen LogP contribution in [-0.4, -0.2) is 33.4 Å². The van der Waals surface area contributed by atoms with Crippen molar-refractivity contribution < 1.29 is 24.3 Å². The zero-order valence-electron chi connectivity index (χ0n) is 7.59. The second-order valence-electron chi connectivity index (χ2n) is 2.85. The summed E-state index contributed by atoms with van der Waals surface area (Å²) in [4.78, 5) is 27.5. The van der Waals surface area contributed by atoms with E-state index in [0.717, 1.165) is 0 Å². The van der Waals surface area contributed by atoms with Gasteiger partial charge in [0.25, 0.3) is 0 Å². The molecule has 0 amide bonds. The number of nitrogens with two attached hydrogens (primary N) is 1. The van der Waals surface area contributed by atoms with E-state index in [-0.39, 0.29) is 6.42 Å². The first kappa shape index (κ1) is 13.5. The Morgan fingerprint density at radius 3 is 2.36 bits per heavy atom. The summed E-state index contributed by atoms with van der Waals surface area (Å²) in [6.45, 7) is 0.433. The molecule has 7 nitrogen and oxygen atoms in total. The summed E-state index contributed by atoms with van der Waals surface area (Å²) in [5.41, 5.74) is 5.20. The summed E-state index contributed by atoms with van der Waals surface area (Å²) in [5.74, 6) is -1.27. The minimum atomic E-state index is -4.49. The van der Waals surface area contributed by atoms with Gasteiger partial charge >= 0.3 is 13.7 Å². The summed E-state index contributed by atoms with van der Waals surface area (Å²) in [6.07, 6.45) is 1.30. The lowest BCUT2D eigenvalue weighted by Gasteiger charge is -2.14. The molecular weight excluding hydrogens is 211 g/mol. The molecule has 1 atom stereocenters. The first-order chi connectivity index (χ1) is 6.37. The maximum atomic E-state index is 10.5. The molecule has 0 aromatic rings. The van der Waals surface area contributed by atoms with Gasteiger partial charge in [-0.25, -0.2) is 9.65 Å². The molecule has 0 unspecified atom stereocenters. The maximum Gasteiger partial charge on any atom is 0.401 e. The van der Waals surface area contributed by atoms with Crippen molar-refractivity contribution in [2.45, 2.75) is 25.3 Å². The fourth-order valence-corrected chi connectivity index (χ4v) is 1.58. The van der Waals surface area contributed by atoms with E-state index < -0.39 is 19.8 Å². The van der Waals surface area contributed by atoms with E-state index in [1.807, 2.05) is 0 Å². The monoisotopic (exact) mass is 226 g/mol. The van der Waals surface area contributed by atoms with Crippen LogP contribution >= 0.6 is 7.75 Å². The average Bonchev–Trinajstić information content (AvgIpc) is 2.00. The average molecular weight is 226 g/mol. The minimum absolute atomic E-state index is 0.150. The van der Waals surface area contributed by atoms with Gasteiger partial charge in [0.1, 0.15) is 6.04 Å². The standard InChI is InChI=1S/C6H15N2O5P/c7-4-2-1-3-5(6(9)10)8-14(11,12)13/h5H,1-4,7H2,(H,9,10)(H3,8,11,12,13)/t5-/m0/s1. The smallest absolute Gasteiger partial charge is 0.401 e. The summed E-state index contributed by atoms with van der Waals surface area (Å²) < 4.78 is 10.5. The Morgan fingerprint density at radius 1 is 1.43 bits per heavy atom. The molecule has 0 bridgehead atoms. The number of unbranched alkanes of at least 4 members (excludes halogenated alkanes) is 1. The van der Waals surface area contributed by atoms with Crippen LogP contribution in [0.2, 0.25) is 0 Å². The Labute approximate surface area is 81.5 Å². The van der Waals surface area contributed by atoms with Crippen LogP contribution in [0.5, 0.6) is 0 Å². The van der Waals surface area contributed by atoms with Crippen LogP contribution in [0.3, 0.4) is 0 Å². The molecule has 0 aliphatic heterocycles. The van der Waals surface area contributed by atoms with Crippen LogP contribution in [0.15, 0.2) is 0 Å². The van der Waals surface area contributed by atoms with Crippen LogP contribution in [0.4, 0.5) is 0 Å². The minimum Gasteiger partial charge on any atom is -0.480 e. The molecule has 14 heavy (non-hydrogen) atoms. The van der Waals surface area contributed by atoms with Gasteiger partial charge in [-0.05, 0) is 19.4 Å². The molecule has 0 saturated carbocycles. The van der Waals surface area contributed by atoms with Crippen molar-refractivity contribution in [2.75, 3.05) is 6.54 Å². The molecule has 0 aromatic carbocycles. The highest BCUT2D eigenvalue weighted by atomic mass is 31.2. The predicted octanol–water partition coefficient (Wildman–Crippen LogP) is -0.749. The Hall–Kier alpha value is -0.460. The Kier molecular flexibility index (Phi) is 5.90. The van der Waals surface area contributed by atoms with Gasteiger partial charge in [0.15, 0.2) is 0 Å². The van der Waals surface area contributed by atoms with Crippen molar-refractivity contribution in [3.05, 3.63) is 0 Å². The maximum absolute atomic E-state index is 10.5. The number of carbonyl (C=O) groups is 1. The zero-order valence-corrected chi connectivity index (χ0v) is 8.48. The number of nitrogens with one attached hydrogen (secondary N) is 1. The van der Waals surface area contributed by atoms with Gasteiger partial charge < -0.3 is 20.6 Å². The molecule has 6 N–H and O–H groups in total. The van der Waals surface area contributed by atoms with Crippen LogP contribution in [0.1, 0.15) is 19.3 Å². The normalized spacial score (nSPS) is 13.9. The lowest BCUT2D eigenvalue weighted by molar-refractivity contribution is -0.139. The van der Waals surface area contributed by atoms with E-state index in [1.54, 1.807) is 5.09 Å². The highest BCUT2D eigenvalue weighted by Gasteiger charge is 2.24. The highest BCUT2D eigenvalue weighted by Crippen LogP contribution is 2.29. The van der Waals surface area contributed by atoms with Gasteiger partial charge in [0, 0.05) is 0 Å². The molecule has 0 saturated heterocycles. The number of hydrogen-bond acceptors (Lipinski definition) is 3. The van der Waals surface area contributed by atoms with E-state index >= 15 is 0 Å². The quantitative estimate of drug-likeness (QED) is 0.285. The van der Waals surface area contributed by atoms with Gasteiger partial charge in [-0.2, -0.15) is 0 Å². The Morgan fingerprint density at radius 2 is 2.00 bits per heavy atom. The summed E-state index contributed by atoms with van der Waals surface area (Å²) >= 11 is 0. The molecular formula is C6H15N2O5P. The van der Waals surface area contributed by atoms with E-state index in [1.165, 1.54) is 0 Å². The fraction of sp³-hybridized carbons (Fsp3) is 0.833. The van der Waals surface area contributed by atoms with Crippen molar-refractivity contribution in [2.24, 2.45) is 5.73 Å². The van der Waals surface area contributed by atoms with Crippen molar-refractivity contribution in [3.63, 3.8) is 0 Å². The lowest BCUT2D eigenvalue weighted by Crippen LogP contribution is -2.34. The third kappa shape index (κ3) is 6.99. The Balaban J connectivity index is 4.04. The van der Waals surface area contributed by atoms with Gasteiger partial charge in [-0.3, -0.25) is 4.79 Å². The second-order valence-corrected chi connectivity index (χ2v) is 4.19. The first-order valence-corrected chi connectivity index (χ1v) is 5.74. The van der Waals surface area contributed by atoms with Crippen molar-refractivity contribution >= 4 is 13.7 Å². The molecule has 0 aliphatic carbocycles. The number of rotatable bonds is 7. The third-order valence-electron chi connectivity index (χ3n) is 1.57. The van der Waals surface area contributed by atoms with Gasteiger partial charge in [-0.15, -0.1) is 0 Å². The second kappa shape index (κ2) is 6.10. The highest BCUT2D eigenvalue weighted by molar-refractivity contribution is 7.49. The summed E-state index contributed by atoms with van der Waals surface area (Å²) in [5, 5.41) is 10.3. The largest absolute Gasteiger partial charge is 0.480 e. The van der Waals surface area contributed by atoms with E-state index in [2.05, 4.69) is 0 Å². The number of carboxylic acid groups (broad SMARTS) is 1. The van der Waals surface area contributed by atoms with Gasteiger partial charge in [0.05, 0.1) is 0 Å². The topological polar surface area (TPSA) is 133 Å². The molecule has 0 rings (SSSR count). The number of aliphatic carboxylic acids is 1. The number of carboxylic acids is 1. The first-order valence-electron chi connectivity index (χ1n) is 4.13. The Bertz CT molecular complexity index is 228. The number of hydrogen-bond donors (Lipinski definition) is 5. The van der Waals surface area contributed by atoms with Crippen LogP contribution in [0.25, 0.3) is 0 Å². The molecule has 8 heteroatoms. The molecule has 0 aromatic heterocycles. The zero-order chi connectivity index (χ0) is 11.2. The molecule has 0 fully saturated rings. The summed E-state index contributed by atoms with van der Waals surface area (Å²) in [6, 6.07) is -1.22. The van der Waals surface area contributed by atoms with Gasteiger partial charge in [-0.1, -0.05) is 6.42 Å². The van der Waals surface area contributed by atoms with Crippen molar-refractivity contribution in [1.82, 2.24) is 5.09 Å². The molecule has 0 radical (unpaired) electrons.